The summed E-state index contributed by atoms with van der Waals surface area (Å²) in [7, 11) is 0. The lowest BCUT2D eigenvalue weighted by Gasteiger charge is -2.23. The monoisotopic (exact) mass is 258 g/mol. The third-order valence-electron chi connectivity index (χ3n) is 3.44. The van der Waals surface area contributed by atoms with Crippen molar-refractivity contribution in [2.24, 2.45) is 5.73 Å². The fourth-order valence-corrected chi connectivity index (χ4v) is 3.53. The normalized spacial score (nSPS) is 18.3. The number of hydrogen-bond acceptors (Lipinski definition) is 3. The van der Waals surface area contributed by atoms with Crippen molar-refractivity contribution in [1.29, 1.82) is 0 Å². The molecule has 4 heteroatoms. The highest BCUT2D eigenvalue weighted by atomic mass is 32.1. The minimum atomic E-state index is -0.443. The second kappa shape index (κ2) is 4.53. The number of aromatic nitrogens is 1. The summed E-state index contributed by atoms with van der Waals surface area (Å²) in [6, 6.07) is 8.51. The van der Waals surface area contributed by atoms with Crippen molar-refractivity contribution in [3.63, 3.8) is 0 Å². The molecule has 1 aliphatic carbocycles. The number of rotatable bonds is 2. The zero-order chi connectivity index (χ0) is 12.5. The molecule has 1 aromatic carbocycles. The smallest absolute Gasteiger partial charge is 0.268 e. The van der Waals surface area contributed by atoms with Crippen molar-refractivity contribution in [1.82, 2.24) is 4.98 Å². The van der Waals surface area contributed by atoms with Crippen LogP contribution >= 0.6 is 11.3 Å². The molecule has 0 unspecified atom stereocenters. The van der Waals surface area contributed by atoms with Crippen LogP contribution in [0.5, 0.6) is 0 Å². The Labute approximate surface area is 110 Å². The molecule has 0 saturated carbocycles. The number of benzene rings is 1. The molecule has 1 atom stereocenters. The molecule has 2 aromatic rings. The van der Waals surface area contributed by atoms with Gasteiger partial charge in [-0.05, 0) is 30.4 Å². The Kier molecular flexibility index (Phi) is 2.88. The van der Waals surface area contributed by atoms with Crippen LogP contribution in [0.2, 0.25) is 0 Å². The van der Waals surface area contributed by atoms with Crippen molar-refractivity contribution in [2.45, 2.75) is 25.2 Å². The summed E-state index contributed by atoms with van der Waals surface area (Å²) < 4.78 is 0. The van der Waals surface area contributed by atoms with Crippen molar-refractivity contribution < 1.29 is 4.79 Å². The molecule has 0 spiro atoms. The fraction of sp³-hybridized carbons (Fsp3) is 0.286. The first kappa shape index (κ1) is 11.4. The molecule has 2 N–H and O–H groups in total. The Bertz CT molecular complexity index is 591. The van der Waals surface area contributed by atoms with Crippen molar-refractivity contribution in [3.05, 3.63) is 51.5 Å². The van der Waals surface area contributed by atoms with E-state index in [0.29, 0.717) is 11.6 Å². The number of thiazole rings is 1. The van der Waals surface area contributed by atoms with Crippen molar-refractivity contribution in [2.75, 3.05) is 0 Å². The van der Waals surface area contributed by atoms with E-state index in [0.717, 1.165) is 17.8 Å². The highest BCUT2D eigenvalue weighted by Crippen LogP contribution is 2.37. The molecule has 0 radical (unpaired) electrons. The molecule has 3 rings (SSSR count). The van der Waals surface area contributed by atoms with Gasteiger partial charge in [-0.1, -0.05) is 24.3 Å². The highest BCUT2D eigenvalue weighted by Gasteiger charge is 2.24. The van der Waals surface area contributed by atoms with Gasteiger partial charge in [0.2, 0.25) is 0 Å². The summed E-state index contributed by atoms with van der Waals surface area (Å²) in [6.45, 7) is 0. The van der Waals surface area contributed by atoms with Crippen LogP contribution in [-0.4, -0.2) is 10.9 Å². The summed E-state index contributed by atoms with van der Waals surface area (Å²) in [5.74, 6) is -0.116. The van der Waals surface area contributed by atoms with Crippen LogP contribution in [0.4, 0.5) is 0 Å². The molecule has 3 nitrogen and oxygen atoms in total. The predicted molar refractivity (Wildman–Crippen MR) is 71.9 cm³/mol. The Hall–Kier alpha value is -1.68. The number of primary amides is 1. The van der Waals surface area contributed by atoms with Crippen LogP contribution in [0, 0.1) is 0 Å². The molecule has 1 heterocycles. The Balaban J connectivity index is 2.00. The molecule has 1 amide bonds. The van der Waals surface area contributed by atoms with Crippen LogP contribution in [-0.2, 0) is 6.42 Å². The van der Waals surface area contributed by atoms with Gasteiger partial charge in [0.05, 0.1) is 0 Å². The van der Waals surface area contributed by atoms with Gasteiger partial charge in [0, 0.05) is 11.3 Å². The van der Waals surface area contributed by atoms with E-state index >= 15 is 0 Å². The molecule has 0 saturated heterocycles. The predicted octanol–water partition coefficient (Wildman–Crippen LogP) is 2.71. The zero-order valence-corrected chi connectivity index (χ0v) is 10.7. The maximum absolute atomic E-state index is 11.1. The number of fused-ring (bicyclic) bond motifs is 1. The molecular weight excluding hydrogens is 244 g/mol. The number of carbonyl (C=O) groups excluding carboxylic acids is 1. The third-order valence-corrected chi connectivity index (χ3v) is 4.40. The van der Waals surface area contributed by atoms with E-state index < -0.39 is 5.91 Å². The van der Waals surface area contributed by atoms with E-state index in [-0.39, 0.29) is 0 Å². The van der Waals surface area contributed by atoms with Crippen LogP contribution in [0.25, 0.3) is 0 Å². The maximum Gasteiger partial charge on any atom is 0.268 e. The number of aryl methyl sites for hydroxylation is 1. The summed E-state index contributed by atoms with van der Waals surface area (Å²) >= 11 is 1.54. The standard InChI is InChI=1S/C14H14N2OS/c15-13(17)12-8-18-14(16-12)11-7-3-5-9-4-1-2-6-10(9)11/h1-2,4,6,8,11H,3,5,7H2,(H2,15,17)/t11-/m1/s1. The SMILES string of the molecule is NC(=O)c1csc([C@@H]2CCCc3ccccc32)n1. The number of hydrogen-bond donors (Lipinski definition) is 1. The zero-order valence-electron chi connectivity index (χ0n) is 9.93. The highest BCUT2D eigenvalue weighted by molar-refractivity contribution is 7.10. The van der Waals surface area contributed by atoms with Crippen LogP contribution < -0.4 is 5.73 Å². The molecule has 92 valence electrons. The number of nitrogens with two attached hydrogens (primary N) is 1. The fourth-order valence-electron chi connectivity index (χ4n) is 2.57. The first-order valence-electron chi connectivity index (χ1n) is 6.09. The topological polar surface area (TPSA) is 56.0 Å². The number of amides is 1. The largest absolute Gasteiger partial charge is 0.364 e. The van der Waals surface area contributed by atoms with E-state index in [9.17, 15) is 4.79 Å². The Morgan fingerprint density at radius 2 is 2.22 bits per heavy atom. The quantitative estimate of drug-likeness (QED) is 0.900. The summed E-state index contributed by atoms with van der Waals surface area (Å²) in [5, 5.41) is 2.77. The molecule has 0 bridgehead atoms. The van der Waals surface area contributed by atoms with Crippen molar-refractivity contribution in [3.8, 4) is 0 Å². The maximum atomic E-state index is 11.1. The van der Waals surface area contributed by atoms with Gasteiger partial charge in [0.1, 0.15) is 10.7 Å². The van der Waals surface area contributed by atoms with Gasteiger partial charge < -0.3 is 5.73 Å². The summed E-state index contributed by atoms with van der Waals surface area (Å²) in [4.78, 5) is 15.5. The van der Waals surface area contributed by atoms with E-state index in [4.69, 9.17) is 5.73 Å². The molecule has 0 fully saturated rings. The van der Waals surface area contributed by atoms with Gasteiger partial charge in [0.25, 0.3) is 5.91 Å². The molecule has 1 aliphatic rings. The molecule has 1 aromatic heterocycles. The van der Waals surface area contributed by atoms with Crippen LogP contribution in [0.15, 0.2) is 29.6 Å². The van der Waals surface area contributed by atoms with E-state index in [1.54, 1.807) is 5.38 Å². The second-order valence-electron chi connectivity index (χ2n) is 4.58. The lowest BCUT2D eigenvalue weighted by Crippen LogP contribution is -2.13. The van der Waals surface area contributed by atoms with Crippen LogP contribution in [0.1, 0.15) is 45.4 Å². The van der Waals surface area contributed by atoms with Gasteiger partial charge in [-0.3, -0.25) is 4.79 Å². The van der Waals surface area contributed by atoms with Crippen LogP contribution in [0.3, 0.4) is 0 Å². The van der Waals surface area contributed by atoms with Crippen molar-refractivity contribution >= 4 is 17.2 Å². The molecular formula is C14H14N2OS. The Morgan fingerprint density at radius 3 is 3.00 bits per heavy atom. The first-order valence-corrected chi connectivity index (χ1v) is 6.96. The van der Waals surface area contributed by atoms with Gasteiger partial charge in [-0.25, -0.2) is 4.98 Å². The van der Waals surface area contributed by atoms with Gasteiger partial charge in [-0.2, -0.15) is 0 Å². The minimum absolute atomic E-state index is 0.327. The lowest BCUT2D eigenvalue weighted by molar-refractivity contribution is 0.0996. The number of carbonyl (C=O) groups is 1. The summed E-state index contributed by atoms with van der Waals surface area (Å²) in [5.41, 5.74) is 8.41. The average molecular weight is 258 g/mol. The first-order chi connectivity index (χ1) is 8.75. The van der Waals surface area contributed by atoms with E-state index in [2.05, 4.69) is 29.2 Å². The third kappa shape index (κ3) is 1.93. The van der Waals surface area contributed by atoms with Gasteiger partial charge in [0.15, 0.2) is 0 Å². The molecule has 0 aliphatic heterocycles. The van der Waals surface area contributed by atoms with E-state index in [1.807, 2.05) is 0 Å². The van der Waals surface area contributed by atoms with E-state index in [1.165, 1.54) is 28.9 Å². The van der Waals surface area contributed by atoms with Gasteiger partial charge >= 0.3 is 0 Å². The number of nitrogens with zero attached hydrogens (tertiary/aromatic N) is 1. The minimum Gasteiger partial charge on any atom is -0.364 e. The lowest BCUT2D eigenvalue weighted by atomic mass is 9.83. The summed E-state index contributed by atoms with van der Waals surface area (Å²) in [6.07, 6.45) is 3.41. The average Bonchev–Trinajstić information content (AvgIpc) is 2.87. The molecule has 18 heavy (non-hydrogen) atoms. The Morgan fingerprint density at radius 1 is 1.39 bits per heavy atom. The second-order valence-corrected chi connectivity index (χ2v) is 5.47. The van der Waals surface area contributed by atoms with Gasteiger partial charge in [-0.15, -0.1) is 11.3 Å².